The van der Waals surface area contributed by atoms with Crippen LogP contribution in [0.25, 0.3) is 21.3 Å². The number of hydrogen-bond acceptors (Lipinski definition) is 5. The lowest BCUT2D eigenvalue weighted by Gasteiger charge is -2.02. The number of nitriles is 1. The summed E-state index contributed by atoms with van der Waals surface area (Å²) in [5, 5.41) is 13.7. The summed E-state index contributed by atoms with van der Waals surface area (Å²) in [6.07, 6.45) is 3.02. The first-order valence-corrected chi connectivity index (χ1v) is 9.10. The molecular weight excluding hydrogens is 356 g/mol. The van der Waals surface area contributed by atoms with E-state index < -0.39 is 0 Å². The number of rotatable bonds is 3. The van der Waals surface area contributed by atoms with E-state index in [4.69, 9.17) is 5.26 Å². The second-order valence-corrected chi connectivity index (χ2v) is 7.16. The zero-order valence-corrected chi connectivity index (χ0v) is 15.3. The van der Waals surface area contributed by atoms with Crippen LogP contribution in [0.1, 0.15) is 16.0 Å². The minimum atomic E-state index is -0.201. The molecule has 130 valence electrons. The van der Waals surface area contributed by atoms with E-state index in [0.29, 0.717) is 15.8 Å². The average Bonchev–Trinajstić information content (AvgIpc) is 3.05. The Morgan fingerprint density at radius 2 is 1.89 bits per heavy atom. The summed E-state index contributed by atoms with van der Waals surface area (Å²) in [6.45, 7) is 2.00. The van der Waals surface area contributed by atoms with Gasteiger partial charge >= 0.3 is 0 Å². The molecule has 0 radical (unpaired) electrons. The molecule has 0 fully saturated rings. The van der Waals surface area contributed by atoms with E-state index in [2.05, 4.69) is 16.2 Å². The van der Waals surface area contributed by atoms with Gasteiger partial charge in [-0.3, -0.25) is 4.79 Å². The van der Waals surface area contributed by atoms with E-state index in [1.54, 1.807) is 30.5 Å². The number of thiophene rings is 1. The molecule has 0 aliphatic heterocycles. The number of aromatic nitrogens is 2. The van der Waals surface area contributed by atoms with E-state index in [1.807, 2.05) is 37.3 Å². The van der Waals surface area contributed by atoms with Gasteiger partial charge in [0.05, 0.1) is 23.2 Å². The van der Waals surface area contributed by atoms with Crippen molar-refractivity contribution in [2.75, 3.05) is 0 Å². The van der Waals surface area contributed by atoms with E-state index in [9.17, 15) is 4.79 Å². The molecule has 0 unspecified atom stereocenters. The van der Waals surface area contributed by atoms with E-state index in [0.717, 1.165) is 21.6 Å². The Bertz CT molecular complexity index is 1250. The molecule has 0 spiro atoms. The van der Waals surface area contributed by atoms with Crippen LogP contribution in [-0.4, -0.2) is 15.9 Å². The lowest BCUT2D eigenvalue weighted by atomic mass is 10.0. The molecule has 0 bridgehead atoms. The molecule has 0 aliphatic carbocycles. The molecule has 6 heteroatoms. The summed E-state index contributed by atoms with van der Waals surface area (Å²) < 4.78 is 1.25. The highest BCUT2D eigenvalue weighted by atomic mass is 32.1. The Morgan fingerprint density at radius 3 is 2.59 bits per heavy atom. The molecule has 0 saturated carbocycles. The number of aryl methyl sites for hydroxylation is 1. The average molecular weight is 370 g/mol. The van der Waals surface area contributed by atoms with Crippen molar-refractivity contribution in [2.24, 2.45) is 5.10 Å². The normalized spacial score (nSPS) is 11.1. The second-order valence-electron chi connectivity index (χ2n) is 5.95. The molecule has 0 aliphatic rings. The summed E-state index contributed by atoms with van der Waals surface area (Å²) in [4.78, 5) is 19.2. The predicted molar refractivity (Wildman–Crippen MR) is 108 cm³/mol. The zero-order chi connectivity index (χ0) is 18.8. The molecule has 27 heavy (non-hydrogen) atoms. The van der Waals surface area contributed by atoms with Crippen molar-refractivity contribution >= 4 is 27.8 Å². The topological polar surface area (TPSA) is 71.0 Å². The van der Waals surface area contributed by atoms with E-state index in [1.165, 1.54) is 22.3 Å². The first-order valence-electron chi connectivity index (χ1n) is 8.28. The standard InChI is InChI=1S/C21H14N4OS/c1-14-18(17-5-3-2-4-6-17)19-20(27-14)23-13-25(21(19)26)24-12-16-9-7-15(11-22)8-10-16/h2-10,12-13H,1H3/b24-12-. The fourth-order valence-electron chi connectivity index (χ4n) is 2.90. The molecule has 2 aromatic heterocycles. The van der Waals surface area contributed by atoms with Crippen molar-refractivity contribution in [3.8, 4) is 17.2 Å². The van der Waals surface area contributed by atoms with Gasteiger partial charge in [-0.15, -0.1) is 11.3 Å². The zero-order valence-electron chi connectivity index (χ0n) is 14.5. The largest absolute Gasteiger partial charge is 0.283 e. The molecule has 2 heterocycles. The van der Waals surface area contributed by atoms with Crippen LogP contribution < -0.4 is 5.56 Å². The maximum Gasteiger partial charge on any atom is 0.283 e. The third kappa shape index (κ3) is 3.16. The van der Waals surface area contributed by atoms with Gasteiger partial charge in [-0.1, -0.05) is 42.5 Å². The summed E-state index contributed by atoms with van der Waals surface area (Å²) in [5.74, 6) is 0. The number of nitrogens with zero attached hydrogens (tertiary/aromatic N) is 4. The van der Waals surface area contributed by atoms with Crippen molar-refractivity contribution in [1.29, 1.82) is 5.26 Å². The Balaban J connectivity index is 1.81. The van der Waals surface area contributed by atoms with Crippen LogP contribution in [-0.2, 0) is 0 Å². The van der Waals surface area contributed by atoms with Crippen LogP contribution in [0, 0.1) is 18.3 Å². The fourth-order valence-corrected chi connectivity index (χ4v) is 3.90. The van der Waals surface area contributed by atoms with Gasteiger partial charge < -0.3 is 0 Å². The predicted octanol–water partition coefficient (Wildman–Crippen LogP) is 4.19. The monoisotopic (exact) mass is 370 g/mol. The second kappa shape index (κ2) is 6.98. The van der Waals surface area contributed by atoms with Crippen LogP contribution >= 0.6 is 11.3 Å². The van der Waals surface area contributed by atoms with Crippen LogP contribution in [0.2, 0.25) is 0 Å². The smallest absolute Gasteiger partial charge is 0.267 e. The third-order valence-electron chi connectivity index (χ3n) is 4.21. The van der Waals surface area contributed by atoms with Crippen molar-refractivity contribution in [1.82, 2.24) is 9.66 Å². The van der Waals surface area contributed by atoms with Crippen molar-refractivity contribution in [3.63, 3.8) is 0 Å². The molecule has 4 rings (SSSR count). The van der Waals surface area contributed by atoms with Crippen LogP contribution in [0.5, 0.6) is 0 Å². The van der Waals surface area contributed by atoms with Gasteiger partial charge in [0.2, 0.25) is 0 Å². The van der Waals surface area contributed by atoms with Gasteiger partial charge in [0.25, 0.3) is 5.56 Å². The van der Waals surface area contributed by atoms with E-state index in [-0.39, 0.29) is 5.56 Å². The lowest BCUT2D eigenvalue weighted by molar-refractivity contribution is 0.819. The maximum atomic E-state index is 13.0. The lowest BCUT2D eigenvalue weighted by Crippen LogP contribution is -2.16. The van der Waals surface area contributed by atoms with Gasteiger partial charge in [-0.25, -0.2) is 4.98 Å². The summed E-state index contributed by atoms with van der Waals surface area (Å²) >= 11 is 1.51. The van der Waals surface area contributed by atoms with E-state index >= 15 is 0 Å². The van der Waals surface area contributed by atoms with Gasteiger partial charge in [0, 0.05) is 10.4 Å². The number of benzene rings is 2. The first-order chi connectivity index (χ1) is 13.2. The first kappa shape index (κ1) is 16.9. The summed E-state index contributed by atoms with van der Waals surface area (Å²) in [6, 6.07) is 18.9. The Hall–Kier alpha value is -3.56. The summed E-state index contributed by atoms with van der Waals surface area (Å²) in [7, 11) is 0. The molecule has 4 aromatic rings. The maximum absolute atomic E-state index is 13.0. The molecule has 0 atom stereocenters. The number of fused-ring (bicyclic) bond motifs is 1. The van der Waals surface area contributed by atoms with Crippen LogP contribution in [0.3, 0.4) is 0 Å². The molecular formula is C21H14N4OS. The fraction of sp³-hybridized carbons (Fsp3) is 0.0476. The van der Waals surface area contributed by atoms with Gasteiger partial charge in [0.1, 0.15) is 11.2 Å². The number of hydrogen-bond donors (Lipinski definition) is 0. The van der Waals surface area contributed by atoms with Gasteiger partial charge in [-0.2, -0.15) is 15.0 Å². The van der Waals surface area contributed by atoms with Crippen molar-refractivity contribution < 1.29 is 0 Å². The van der Waals surface area contributed by atoms with Crippen molar-refractivity contribution in [2.45, 2.75) is 6.92 Å². The van der Waals surface area contributed by atoms with Crippen LogP contribution in [0.15, 0.2) is 70.8 Å². The Kier molecular flexibility index (Phi) is 4.37. The molecule has 0 N–H and O–H groups in total. The van der Waals surface area contributed by atoms with Crippen molar-refractivity contribution in [3.05, 3.63) is 87.3 Å². The highest BCUT2D eigenvalue weighted by molar-refractivity contribution is 7.19. The summed E-state index contributed by atoms with van der Waals surface area (Å²) in [5.41, 5.74) is 3.08. The SMILES string of the molecule is Cc1sc2ncn(/N=C\c3ccc(C#N)cc3)c(=O)c2c1-c1ccccc1. The quantitative estimate of drug-likeness (QED) is 0.508. The van der Waals surface area contributed by atoms with Gasteiger partial charge in [-0.05, 0) is 30.2 Å². The Labute approximate surface area is 159 Å². The highest BCUT2D eigenvalue weighted by Gasteiger charge is 2.16. The molecule has 2 aromatic carbocycles. The molecule has 0 amide bonds. The minimum Gasteiger partial charge on any atom is -0.267 e. The third-order valence-corrected chi connectivity index (χ3v) is 5.22. The van der Waals surface area contributed by atoms with Crippen LogP contribution in [0.4, 0.5) is 0 Å². The molecule has 5 nitrogen and oxygen atoms in total. The molecule has 0 saturated heterocycles. The van der Waals surface area contributed by atoms with Gasteiger partial charge in [0.15, 0.2) is 0 Å². The highest BCUT2D eigenvalue weighted by Crippen LogP contribution is 2.35. The Morgan fingerprint density at radius 1 is 1.15 bits per heavy atom. The minimum absolute atomic E-state index is 0.201.